The summed E-state index contributed by atoms with van der Waals surface area (Å²) in [6.07, 6.45) is 2.93. The number of carbonyl (C=O) groups excluding carboxylic acids is 2. The van der Waals surface area contributed by atoms with Crippen molar-refractivity contribution in [3.8, 4) is 5.75 Å². The van der Waals surface area contributed by atoms with E-state index in [0.717, 1.165) is 37.9 Å². The maximum Gasteiger partial charge on any atom is 0.258 e. The molecule has 7 heteroatoms. The second kappa shape index (κ2) is 9.78. The lowest BCUT2D eigenvalue weighted by Gasteiger charge is -2.31. The number of amides is 2. The van der Waals surface area contributed by atoms with Crippen LogP contribution in [0.25, 0.3) is 0 Å². The van der Waals surface area contributed by atoms with E-state index >= 15 is 0 Å². The molecule has 1 aliphatic heterocycles. The highest BCUT2D eigenvalue weighted by molar-refractivity contribution is 5.85. The highest BCUT2D eigenvalue weighted by atomic mass is 35.5. The van der Waals surface area contributed by atoms with Crippen molar-refractivity contribution < 1.29 is 14.3 Å². The van der Waals surface area contributed by atoms with Gasteiger partial charge in [-0.3, -0.25) is 9.59 Å². The first-order valence-electron chi connectivity index (χ1n) is 9.11. The molecule has 1 atom stereocenters. The molecule has 1 aromatic rings. The fraction of sp³-hybridized carbons (Fsp3) is 0.579. The van der Waals surface area contributed by atoms with Crippen LogP contribution in [0.4, 0.5) is 0 Å². The molecule has 1 saturated carbocycles. The number of nitrogens with one attached hydrogen (secondary N) is 3. The Morgan fingerprint density at radius 2 is 1.92 bits per heavy atom. The van der Waals surface area contributed by atoms with Crippen LogP contribution in [-0.2, 0) is 16.0 Å². The fourth-order valence-corrected chi connectivity index (χ4v) is 2.77. The van der Waals surface area contributed by atoms with Gasteiger partial charge in [0.05, 0.1) is 0 Å². The summed E-state index contributed by atoms with van der Waals surface area (Å²) in [7, 11) is 0. The van der Waals surface area contributed by atoms with Gasteiger partial charge in [0, 0.05) is 18.5 Å². The minimum absolute atomic E-state index is 0. The Hall–Kier alpha value is -1.79. The molecule has 1 aliphatic carbocycles. The van der Waals surface area contributed by atoms with Gasteiger partial charge >= 0.3 is 0 Å². The van der Waals surface area contributed by atoms with Gasteiger partial charge in [-0.1, -0.05) is 19.1 Å². The van der Waals surface area contributed by atoms with Gasteiger partial charge in [0.25, 0.3) is 5.91 Å². The van der Waals surface area contributed by atoms with E-state index in [0.29, 0.717) is 24.3 Å². The summed E-state index contributed by atoms with van der Waals surface area (Å²) >= 11 is 0. The summed E-state index contributed by atoms with van der Waals surface area (Å²) in [6.45, 7) is 4.56. The zero-order chi connectivity index (χ0) is 17.6. The van der Waals surface area contributed by atoms with Crippen molar-refractivity contribution in [1.82, 2.24) is 16.0 Å². The first-order chi connectivity index (χ1) is 12.1. The molecule has 6 nitrogen and oxygen atoms in total. The van der Waals surface area contributed by atoms with Crippen molar-refractivity contribution in [2.24, 2.45) is 11.8 Å². The lowest BCUT2D eigenvalue weighted by molar-refractivity contribution is -0.126. The molecule has 0 aromatic heterocycles. The zero-order valence-corrected chi connectivity index (χ0v) is 15.9. The summed E-state index contributed by atoms with van der Waals surface area (Å²) in [5.74, 6) is 1.29. The van der Waals surface area contributed by atoms with Crippen molar-refractivity contribution in [2.45, 2.75) is 32.2 Å². The number of benzene rings is 1. The number of ether oxygens (including phenoxy) is 1. The molecule has 2 aliphatic rings. The molecular formula is C19H28ClN3O3. The highest BCUT2D eigenvalue weighted by Crippen LogP contribution is 2.18. The number of hydrogen-bond acceptors (Lipinski definition) is 4. The molecule has 1 heterocycles. The van der Waals surface area contributed by atoms with Gasteiger partial charge < -0.3 is 20.7 Å². The van der Waals surface area contributed by atoms with E-state index in [1.807, 2.05) is 31.2 Å². The standard InChI is InChI=1S/C19H27N3O3.ClH/c1-13(15-10-20-11-15)19(24)21-9-8-14-2-6-17(7-3-14)25-12-18(23)22-16-4-5-16;/h2-3,6-7,13,15-16,20H,4-5,8-12H2,1H3,(H,21,24)(H,22,23);1H. The van der Waals surface area contributed by atoms with Crippen molar-refractivity contribution in [3.63, 3.8) is 0 Å². The average Bonchev–Trinajstić information content (AvgIpc) is 3.36. The number of halogens is 1. The summed E-state index contributed by atoms with van der Waals surface area (Å²) in [4.78, 5) is 23.6. The summed E-state index contributed by atoms with van der Waals surface area (Å²) in [5.41, 5.74) is 1.13. The van der Waals surface area contributed by atoms with Crippen LogP contribution < -0.4 is 20.7 Å². The van der Waals surface area contributed by atoms with Crippen molar-refractivity contribution in [1.29, 1.82) is 0 Å². The highest BCUT2D eigenvalue weighted by Gasteiger charge is 2.28. The number of hydrogen-bond donors (Lipinski definition) is 3. The molecule has 3 rings (SSSR count). The quantitative estimate of drug-likeness (QED) is 0.602. The Morgan fingerprint density at radius 3 is 2.50 bits per heavy atom. The molecule has 26 heavy (non-hydrogen) atoms. The first kappa shape index (κ1) is 20.5. The minimum atomic E-state index is -0.0647. The molecule has 2 fully saturated rings. The third-order valence-corrected chi connectivity index (χ3v) is 4.88. The second-order valence-corrected chi connectivity index (χ2v) is 7.02. The Balaban J connectivity index is 0.00000243. The smallest absolute Gasteiger partial charge is 0.258 e. The SMILES string of the molecule is CC(C(=O)NCCc1ccc(OCC(=O)NC2CC2)cc1)C1CNC1.Cl. The van der Waals surface area contributed by atoms with Gasteiger partial charge in [0.2, 0.25) is 5.91 Å². The number of carbonyl (C=O) groups is 2. The van der Waals surface area contributed by atoms with Crippen molar-refractivity contribution in [2.75, 3.05) is 26.2 Å². The van der Waals surface area contributed by atoms with Gasteiger partial charge in [-0.2, -0.15) is 0 Å². The molecule has 144 valence electrons. The van der Waals surface area contributed by atoms with Crippen LogP contribution in [-0.4, -0.2) is 44.1 Å². The topological polar surface area (TPSA) is 79.5 Å². The monoisotopic (exact) mass is 381 g/mol. The molecule has 0 bridgehead atoms. The predicted octanol–water partition coefficient (Wildman–Crippen LogP) is 1.28. The maximum atomic E-state index is 12.1. The second-order valence-electron chi connectivity index (χ2n) is 7.02. The third kappa shape index (κ3) is 6.18. The van der Waals surface area contributed by atoms with E-state index in [1.54, 1.807) is 0 Å². The summed E-state index contributed by atoms with van der Waals surface area (Å²) < 4.78 is 5.48. The molecular weight excluding hydrogens is 354 g/mol. The Kier molecular flexibility index (Phi) is 7.72. The van der Waals surface area contributed by atoms with Crippen LogP contribution in [0, 0.1) is 11.8 Å². The lowest BCUT2D eigenvalue weighted by atomic mass is 9.88. The maximum absolute atomic E-state index is 12.1. The van der Waals surface area contributed by atoms with E-state index in [4.69, 9.17) is 4.74 Å². The van der Waals surface area contributed by atoms with Gasteiger partial charge in [-0.25, -0.2) is 0 Å². The van der Waals surface area contributed by atoms with E-state index in [-0.39, 0.29) is 36.7 Å². The first-order valence-corrected chi connectivity index (χ1v) is 9.11. The number of rotatable bonds is 9. The Bertz CT molecular complexity index is 601. The van der Waals surface area contributed by atoms with Crippen LogP contribution in [0.5, 0.6) is 5.75 Å². The zero-order valence-electron chi connectivity index (χ0n) is 15.1. The Morgan fingerprint density at radius 1 is 1.23 bits per heavy atom. The minimum Gasteiger partial charge on any atom is -0.484 e. The molecule has 0 radical (unpaired) electrons. The van der Waals surface area contributed by atoms with E-state index in [1.165, 1.54) is 0 Å². The predicted molar refractivity (Wildman–Crippen MR) is 103 cm³/mol. The average molecular weight is 382 g/mol. The third-order valence-electron chi connectivity index (χ3n) is 4.88. The normalized spacial score (nSPS) is 17.4. The van der Waals surface area contributed by atoms with Gasteiger partial charge in [-0.05, 0) is 56.0 Å². The summed E-state index contributed by atoms with van der Waals surface area (Å²) in [6, 6.07) is 8.03. The van der Waals surface area contributed by atoms with Crippen LogP contribution in [0.15, 0.2) is 24.3 Å². The lowest BCUT2D eigenvalue weighted by Crippen LogP contribution is -2.49. The molecule has 0 spiro atoms. The summed E-state index contributed by atoms with van der Waals surface area (Å²) in [5, 5.41) is 9.10. The van der Waals surface area contributed by atoms with Crippen LogP contribution in [0.2, 0.25) is 0 Å². The Labute approximate surface area is 160 Å². The van der Waals surface area contributed by atoms with Crippen LogP contribution >= 0.6 is 12.4 Å². The van der Waals surface area contributed by atoms with E-state index in [2.05, 4.69) is 16.0 Å². The van der Waals surface area contributed by atoms with Crippen molar-refractivity contribution >= 4 is 24.2 Å². The molecule has 3 N–H and O–H groups in total. The van der Waals surface area contributed by atoms with Gasteiger partial charge in [-0.15, -0.1) is 12.4 Å². The van der Waals surface area contributed by atoms with Gasteiger partial charge in [0.15, 0.2) is 6.61 Å². The molecule has 2 amide bonds. The fourth-order valence-electron chi connectivity index (χ4n) is 2.77. The van der Waals surface area contributed by atoms with Gasteiger partial charge in [0.1, 0.15) is 5.75 Å². The molecule has 1 aromatic carbocycles. The van der Waals surface area contributed by atoms with Crippen LogP contribution in [0.1, 0.15) is 25.3 Å². The van der Waals surface area contributed by atoms with E-state index < -0.39 is 0 Å². The molecule has 1 saturated heterocycles. The van der Waals surface area contributed by atoms with Crippen molar-refractivity contribution in [3.05, 3.63) is 29.8 Å². The van der Waals surface area contributed by atoms with E-state index in [9.17, 15) is 9.59 Å². The van der Waals surface area contributed by atoms with Crippen LogP contribution in [0.3, 0.4) is 0 Å². The largest absolute Gasteiger partial charge is 0.484 e. The molecule has 1 unspecified atom stereocenters.